The first-order valence-corrected chi connectivity index (χ1v) is 9.43. The standard InChI is InChI=1S/C21H20F2N6O/c1-13-16(9-20(30)29-11-21(22,23)12-29)7-17(10-26-13)15-3-5-25-19(8-15)28-18-4-6-24-14(2)27-18/h3-8,10H,9,11-12H2,1-2H3,(H,24,25,27,28). The maximum absolute atomic E-state index is 13.0. The number of aromatic nitrogens is 4. The Kier molecular flexibility index (Phi) is 5.11. The highest BCUT2D eigenvalue weighted by Crippen LogP contribution is 2.28. The Morgan fingerprint density at radius 2 is 1.83 bits per heavy atom. The van der Waals surface area contributed by atoms with Gasteiger partial charge in [-0.2, -0.15) is 0 Å². The van der Waals surface area contributed by atoms with Crippen molar-refractivity contribution in [2.24, 2.45) is 0 Å². The molecule has 0 spiro atoms. The first-order valence-electron chi connectivity index (χ1n) is 9.43. The van der Waals surface area contributed by atoms with Crippen molar-refractivity contribution in [2.75, 3.05) is 18.4 Å². The molecule has 1 amide bonds. The van der Waals surface area contributed by atoms with Gasteiger partial charge in [0.05, 0.1) is 19.5 Å². The van der Waals surface area contributed by atoms with Crippen LogP contribution in [0.4, 0.5) is 20.4 Å². The van der Waals surface area contributed by atoms with Crippen LogP contribution in [0.25, 0.3) is 11.1 Å². The van der Waals surface area contributed by atoms with Crippen molar-refractivity contribution in [2.45, 2.75) is 26.2 Å². The molecule has 0 aromatic carbocycles. The van der Waals surface area contributed by atoms with Gasteiger partial charge < -0.3 is 10.2 Å². The molecule has 0 radical (unpaired) electrons. The summed E-state index contributed by atoms with van der Waals surface area (Å²) in [5, 5.41) is 3.14. The Hall–Kier alpha value is -3.49. The number of hydrogen-bond acceptors (Lipinski definition) is 6. The lowest BCUT2D eigenvalue weighted by molar-refractivity contribution is -0.165. The Labute approximate surface area is 172 Å². The van der Waals surface area contributed by atoms with Gasteiger partial charge in [0.1, 0.15) is 17.5 Å². The topological polar surface area (TPSA) is 83.9 Å². The van der Waals surface area contributed by atoms with Crippen molar-refractivity contribution >= 4 is 17.5 Å². The maximum Gasteiger partial charge on any atom is 0.282 e. The van der Waals surface area contributed by atoms with E-state index in [2.05, 4.69) is 25.3 Å². The summed E-state index contributed by atoms with van der Waals surface area (Å²) >= 11 is 0. The second kappa shape index (κ2) is 7.74. The van der Waals surface area contributed by atoms with Crippen molar-refractivity contribution < 1.29 is 13.6 Å². The van der Waals surface area contributed by atoms with Crippen molar-refractivity contribution in [3.63, 3.8) is 0 Å². The molecule has 0 aliphatic carbocycles. The molecule has 0 bridgehead atoms. The van der Waals surface area contributed by atoms with Gasteiger partial charge in [0.25, 0.3) is 5.92 Å². The number of carbonyl (C=O) groups excluding carboxylic acids is 1. The highest BCUT2D eigenvalue weighted by molar-refractivity contribution is 5.80. The summed E-state index contributed by atoms with van der Waals surface area (Å²) in [7, 11) is 0. The number of alkyl halides is 2. The average Bonchev–Trinajstić information content (AvgIpc) is 2.68. The van der Waals surface area contributed by atoms with Crippen LogP contribution in [0.15, 0.2) is 42.9 Å². The molecule has 9 heteroatoms. The van der Waals surface area contributed by atoms with E-state index in [1.807, 2.05) is 18.2 Å². The van der Waals surface area contributed by atoms with Crippen molar-refractivity contribution in [1.82, 2.24) is 24.8 Å². The molecular formula is C21H20F2N6O. The fourth-order valence-electron chi connectivity index (χ4n) is 3.21. The zero-order valence-electron chi connectivity index (χ0n) is 16.6. The highest BCUT2D eigenvalue weighted by atomic mass is 19.3. The number of anilines is 2. The number of likely N-dealkylation sites (tertiary alicyclic amines) is 1. The molecule has 3 aromatic heterocycles. The molecule has 3 aromatic rings. The second-order valence-corrected chi connectivity index (χ2v) is 7.29. The molecule has 7 nitrogen and oxygen atoms in total. The summed E-state index contributed by atoms with van der Waals surface area (Å²) in [6.45, 7) is 2.57. The fraction of sp³-hybridized carbons (Fsp3) is 0.286. The van der Waals surface area contributed by atoms with Gasteiger partial charge in [0, 0.05) is 29.8 Å². The third kappa shape index (κ3) is 4.40. The molecule has 4 rings (SSSR count). The molecule has 0 unspecified atom stereocenters. The normalized spacial score (nSPS) is 14.9. The van der Waals surface area contributed by atoms with E-state index in [0.717, 1.165) is 11.1 Å². The first-order chi connectivity index (χ1) is 14.3. The van der Waals surface area contributed by atoms with E-state index < -0.39 is 19.0 Å². The van der Waals surface area contributed by atoms with Gasteiger partial charge in [0.15, 0.2) is 0 Å². The second-order valence-electron chi connectivity index (χ2n) is 7.29. The zero-order chi connectivity index (χ0) is 21.3. The van der Waals surface area contributed by atoms with Gasteiger partial charge in [-0.05, 0) is 49.2 Å². The number of pyridine rings is 2. The molecule has 154 valence electrons. The van der Waals surface area contributed by atoms with Crippen LogP contribution in [0, 0.1) is 13.8 Å². The van der Waals surface area contributed by atoms with Crippen LogP contribution in [-0.2, 0) is 11.2 Å². The van der Waals surface area contributed by atoms with Gasteiger partial charge >= 0.3 is 0 Å². The molecule has 0 atom stereocenters. The molecule has 1 fully saturated rings. The molecule has 1 saturated heterocycles. The number of nitrogens with one attached hydrogen (secondary N) is 1. The first kappa shape index (κ1) is 19.8. The van der Waals surface area contributed by atoms with Crippen LogP contribution in [0.3, 0.4) is 0 Å². The molecule has 1 N–H and O–H groups in total. The number of rotatable bonds is 5. The zero-order valence-corrected chi connectivity index (χ0v) is 16.6. The van der Waals surface area contributed by atoms with Crippen molar-refractivity contribution in [3.8, 4) is 11.1 Å². The smallest absolute Gasteiger partial charge is 0.282 e. The quantitative estimate of drug-likeness (QED) is 0.695. The van der Waals surface area contributed by atoms with E-state index in [4.69, 9.17) is 0 Å². The van der Waals surface area contributed by atoms with E-state index in [-0.39, 0.29) is 12.3 Å². The lowest BCUT2D eigenvalue weighted by Gasteiger charge is -2.38. The van der Waals surface area contributed by atoms with Crippen LogP contribution in [-0.4, -0.2) is 49.8 Å². The highest BCUT2D eigenvalue weighted by Gasteiger charge is 2.46. The Bertz CT molecular complexity index is 1100. The van der Waals surface area contributed by atoms with Gasteiger partial charge in [-0.1, -0.05) is 0 Å². The number of carbonyl (C=O) groups is 1. The van der Waals surface area contributed by atoms with Gasteiger partial charge in [-0.25, -0.2) is 23.7 Å². The van der Waals surface area contributed by atoms with E-state index >= 15 is 0 Å². The molecular weight excluding hydrogens is 390 g/mol. The van der Waals surface area contributed by atoms with Gasteiger partial charge in [0.2, 0.25) is 5.91 Å². The molecule has 4 heterocycles. The van der Waals surface area contributed by atoms with E-state index in [0.29, 0.717) is 28.7 Å². The predicted molar refractivity (Wildman–Crippen MR) is 107 cm³/mol. The maximum atomic E-state index is 13.0. The average molecular weight is 410 g/mol. The summed E-state index contributed by atoms with van der Waals surface area (Å²) in [6, 6.07) is 7.31. The third-order valence-electron chi connectivity index (χ3n) is 4.86. The summed E-state index contributed by atoms with van der Waals surface area (Å²) in [4.78, 5) is 30.5. The minimum absolute atomic E-state index is 0.0408. The van der Waals surface area contributed by atoms with Crippen LogP contribution < -0.4 is 5.32 Å². The molecule has 0 saturated carbocycles. The summed E-state index contributed by atoms with van der Waals surface area (Å²) in [5.41, 5.74) is 3.07. The lowest BCUT2D eigenvalue weighted by Crippen LogP contribution is -2.58. The summed E-state index contributed by atoms with van der Waals surface area (Å²) in [6.07, 6.45) is 5.09. The van der Waals surface area contributed by atoms with Crippen LogP contribution in [0.5, 0.6) is 0 Å². The summed E-state index contributed by atoms with van der Waals surface area (Å²) < 4.78 is 26.1. The summed E-state index contributed by atoms with van der Waals surface area (Å²) in [5.74, 6) is -1.21. The lowest BCUT2D eigenvalue weighted by atomic mass is 10.0. The SMILES string of the molecule is Cc1nccc(Nc2cc(-c3cnc(C)c(CC(=O)N4CC(F)(F)C4)c3)ccn2)n1. The van der Waals surface area contributed by atoms with Crippen LogP contribution >= 0.6 is 0 Å². The van der Waals surface area contributed by atoms with Crippen LogP contribution in [0.1, 0.15) is 17.1 Å². The van der Waals surface area contributed by atoms with Gasteiger partial charge in [-0.3, -0.25) is 9.78 Å². The predicted octanol–water partition coefficient (Wildman–Crippen LogP) is 3.31. The molecule has 1 aliphatic heterocycles. The van der Waals surface area contributed by atoms with Gasteiger partial charge in [-0.15, -0.1) is 0 Å². The minimum atomic E-state index is -2.77. The number of halogens is 2. The van der Waals surface area contributed by atoms with Crippen molar-refractivity contribution in [3.05, 3.63) is 59.9 Å². The molecule has 30 heavy (non-hydrogen) atoms. The van der Waals surface area contributed by atoms with E-state index in [1.54, 1.807) is 38.5 Å². The third-order valence-corrected chi connectivity index (χ3v) is 4.86. The number of hydrogen-bond donors (Lipinski definition) is 1. The Balaban J connectivity index is 1.53. The number of aryl methyl sites for hydroxylation is 2. The Morgan fingerprint density at radius 1 is 1.07 bits per heavy atom. The minimum Gasteiger partial charge on any atom is -0.330 e. The van der Waals surface area contributed by atoms with E-state index in [1.165, 1.54) is 4.90 Å². The van der Waals surface area contributed by atoms with E-state index in [9.17, 15) is 13.6 Å². The Morgan fingerprint density at radius 3 is 2.57 bits per heavy atom. The largest absolute Gasteiger partial charge is 0.330 e. The van der Waals surface area contributed by atoms with Crippen molar-refractivity contribution in [1.29, 1.82) is 0 Å². The number of nitrogens with zero attached hydrogens (tertiary/aromatic N) is 5. The number of amides is 1. The molecule has 1 aliphatic rings. The monoisotopic (exact) mass is 410 g/mol. The fourth-order valence-corrected chi connectivity index (χ4v) is 3.21. The van der Waals surface area contributed by atoms with Crippen LogP contribution in [0.2, 0.25) is 0 Å².